The number of alkyl halides is 3. The maximum atomic E-state index is 13.5. The highest BCUT2D eigenvalue weighted by Crippen LogP contribution is 2.53. The zero-order chi connectivity index (χ0) is 13.0. The number of carbonyl (C=O) groups excluding carboxylic acids is 1. The Morgan fingerprint density at radius 1 is 1.17 bits per heavy atom. The van der Waals surface area contributed by atoms with Gasteiger partial charge in [0, 0.05) is 13.0 Å². The molecule has 2 heterocycles. The summed E-state index contributed by atoms with van der Waals surface area (Å²) in [6, 6.07) is 6.59. The van der Waals surface area contributed by atoms with Crippen LogP contribution in [0.4, 0.5) is 13.2 Å². The summed E-state index contributed by atoms with van der Waals surface area (Å²) in [5.74, 6) is -0.387. The lowest BCUT2D eigenvalue weighted by atomic mass is 9.80. The highest BCUT2D eigenvalue weighted by molar-refractivity contribution is 5.81. The zero-order valence-electron chi connectivity index (χ0n) is 9.63. The normalized spacial score (nSPS) is 27.1. The number of halogens is 3. The van der Waals surface area contributed by atoms with Crippen molar-refractivity contribution in [1.82, 2.24) is 4.90 Å². The first-order valence-corrected chi connectivity index (χ1v) is 5.92. The number of nitrogens with zero attached hydrogens (tertiary/aromatic N) is 1. The number of rotatable bonds is 0. The van der Waals surface area contributed by atoms with Crippen molar-refractivity contribution in [1.29, 1.82) is 0 Å². The Labute approximate surface area is 102 Å². The van der Waals surface area contributed by atoms with Gasteiger partial charge in [-0.2, -0.15) is 13.2 Å². The summed E-state index contributed by atoms with van der Waals surface area (Å²) in [7, 11) is 0. The lowest BCUT2D eigenvalue weighted by Crippen LogP contribution is -2.56. The van der Waals surface area contributed by atoms with E-state index < -0.39 is 11.7 Å². The molecule has 1 atom stereocenters. The van der Waals surface area contributed by atoms with Crippen LogP contribution in [0.25, 0.3) is 0 Å². The van der Waals surface area contributed by atoms with Crippen LogP contribution in [-0.2, 0) is 16.8 Å². The van der Waals surface area contributed by atoms with Gasteiger partial charge in [0.15, 0.2) is 5.54 Å². The summed E-state index contributed by atoms with van der Waals surface area (Å²) in [5.41, 5.74) is -1.12. The molecule has 0 radical (unpaired) electrons. The van der Waals surface area contributed by atoms with Crippen molar-refractivity contribution in [2.24, 2.45) is 0 Å². The third-order valence-corrected chi connectivity index (χ3v) is 4.00. The predicted octanol–water partition coefficient (Wildman–Crippen LogP) is 2.62. The molecule has 5 heteroatoms. The quantitative estimate of drug-likeness (QED) is 0.698. The summed E-state index contributed by atoms with van der Waals surface area (Å²) in [4.78, 5) is 12.7. The van der Waals surface area contributed by atoms with Gasteiger partial charge in [0.2, 0.25) is 5.91 Å². The average molecular weight is 255 g/mol. The topological polar surface area (TPSA) is 20.3 Å². The van der Waals surface area contributed by atoms with Crippen LogP contribution in [-0.4, -0.2) is 23.5 Å². The summed E-state index contributed by atoms with van der Waals surface area (Å²) < 4.78 is 40.6. The van der Waals surface area contributed by atoms with Crippen LogP contribution in [0.15, 0.2) is 24.3 Å². The van der Waals surface area contributed by atoms with Crippen molar-refractivity contribution in [3.05, 3.63) is 35.4 Å². The van der Waals surface area contributed by atoms with Crippen molar-refractivity contribution in [3.8, 4) is 0 Å². The molecule has 2 aliphatic rings. The second kappa shape index (κ2) is 3.49. The van der Waals surface area contributed by atoms with E-state index in [0.717, 1.165) is 4.90 Å². The molecule has 1 fully saturated rings. The number of fused-ring (bicyclic) bond motifs is 3. The Bertz CT molecular complexity index is 511. The third-order valence-electron chi connectivity index (χ3n) is 4.00. The van der Waals surface area contributed by atoms with Gasteiger partial charge in [0.25, 0.3) is 0 Å². The van der Waals surface area contributed by atoms with Crippen LogP contribution in [0.5, 0.6) is 0 Å². The monoisotopic (exact) mass is 255 g/mol. The fourth-order valence-corrected chi connectivity index (χ4v) is 3.19. The zero-order valence-corrected chi connectivity index (χ0v) is 9.63. The molecule has 0 N–H and O–H groups in total. The van der Waals surface area contributed by atoms with Crippen molar-refractivity contribution >= 4 is 5.91 Å². The SMILES string of the molecule is O=C1CCC2(C(F)(F)F)c3ccccc3CCN12. The third kappa shape index (κ3) is 1.27. The molecular weight excluding hydrogens is 243 g/mol. The first-order valence-electron chi connectivity index (χ1n) is 5.92. The van der Waals surface area contributed by atoms with Gasteiger partial charge < -0.3 is 4.90 Å². The van der Waals surface area contributed by atoms with E-state index in [1.165, 1.54) is 6.07 Å². The molecule has 1 aromatic carbocycles. The van der Waals surface area contributed by atoms with Gasteiger partial charge in [-0.3, -0.25) is 4.79 Å². The Morgan fingerprint density at radius 2 is 1.89 bits per heavy atom. The molecule has 3 rings (SSSR count). The maximum absolute atomic E-state index is 13.5. The van der Waals surface area contributed by atoms with Crippen molar-refractivity contribution in [3.63, 3.8) is 0 Å². The maximum Gasteiger partial charge on any atom is 0.415 e. The largest absolute Gasteiger partial charge is 0.415 e. The van der Waals surface area contributed by atoms with Crippen molar-refractivity contribution < 1.29 is 18.0 Å². The number of hydrogen-bond donors (Lipinski definition) is 0. The van der Waals surface area contributed by atoms with Crippen LogP contribution in [0, 0.1) is 0 Å². The van der Waals surface area contributed by atoms with Crippen LogP contribution in [0.2, 0.25) is 0 Å². The summed E-state index contributed by atoms with van der Waals surface area (Å²) in [5, 5.41) is 0. The van der Waals surface area contributed by atoms with E-state index in [9.17, 15) is 18.0 Å². The molecular formula is C13H12F3NO. The van der Waals surface area contributed by atoms with Gasteiger partial charge in [-0.1, -0.05) is 24.3 Å². The highest BCUT2D eigenvalue weighted by Gasteiger charge is 2.65. The molecule has 0 saturated carbocycles. The van der Waals surface area contributed by atoms with Gasteiger partial charge in [-0.05, 0) is 24.0 Å². The van der Waals surface area contributed by atoms with E-state index in [-0.39, 0.29) is 30.9 Å². The second-order valence-electron chi connectivity index (χ2n) is 4.81. The van der Waals surface area contributed by atoms with Crippen LogP contribution in [0.1, 0.15) is 24.0 Å². The smallest absolute Gasteiger partial charge is 0.324 e. The first kappa shape index (κ1) is 11.6. The van der Waals surface area contributed by atoms with Crippen LogP contribution >= 0.6 is 0 Å². The van der Waals surface area contributed by atoms with E-state index in [1.807, 2.05) is 0 Å². The van der Waals surface area contributed by atoms with E-state index in [2.05, 4.69) is 0 Å². The molecule has 1 aromatic rings. The fraction of sp³-hybridized carbons (Fsp3) is 0.462. The Balaban J connectivity index is 2.25. The first-order chi connectivity index (χ1) is 8.47. The molecule has 2 nitrogen and oxygen atoms in total. The molecule has 0 spiro atoms. The van der Waals surface area contributed by atoms with E-state index in [4.69, 9.17) is 0 Å². The summed E-state index contributed by atoms with van der Waals surface area (Å²) >= 11 is 0. The Morgan fingerprint density at radius 3 is 2.61 bits per heavy atom. The minimum absolute atomic E-state index is 0.0200. The molecule has 0 aromatic heterocycles. The molecule has 0 bridgehead atoms. The lowest BCUT2D eigenvalue weighted by molar-refractivity contribution is -0.231. The van der Waals surface area contributed by atoms with Gasteiger partial charge in [0.1, 0.15) is 0 Å². The standard InChI is InChI=1S/C13H12F3NO/c14-13(15,16)12-7-5-11(18)17(12)8-6-9-3-1-2-4-10(9)12/h1-4H,5-8H2. The number of carbonyl (C=O) groups is 1. The molecule has 96 valence electrons. The molecule has 18 heavy (non-hydrogen) atoms. The predicted molar refractivity (Wildman–Crippen MR) is 58.8 cm³/mol. The molecule has 2 aliphatic heterocycles. The minimum atomic E-state index is -4.42. The molecule has 1 amide bonds. The average Bonchev–Trinajstić information content (AvgIpc) is 2.68. The second-order valence-corrected chi connectivity index (χ2v) is 4.81. The minimum Gasteiger partial charge on any atom is -0.324 e. The number of hydrogen-bond acceptors (Lipinski definition) is 1. The summed E-state index contributed by atoms with van der Waals surface area (Å²) in [6.45, 7) is 0.162. The van der Waals surface area contributed by atoms with Crippen molar-refractivity contribution in [2.75, 3.05) is 6.54 Å². The van der Waals surface area contributed by atoms with Gasteiger partial charge >= 0.3 is 6.18 Å². The molecule has 1 saturated heterocycles. The van der Waals surface area contributed by atoms with Gasteiger partial charge in [-0.15, -0.1) is 0 Å². The van der Waals surface area contributed by atoms with Crippen molar-refractivity contribution in [2.45, 2.75) is 31.0 Å². The Hall–Kier alpha value is -1.52. The van der Waals surface area contributed by atoms with E-state index in [1.54, 1.807) is 18.2 Å². The fourth-order valence-electron chi connectivity index (χ4n) is 3.19. The number of amides is 1. The molecule has 1 unspecified atom stereocenters. The molecule has 0 aliphatic carbocycles. The van der Waals surface area contributed by atoms with E-state index >= 15 is 0 Å². The van der Waals surface area contributed by atoms with Crippen LogP contribution < -0.4 is 0 Å². The van der Waals surface area contributed by atoms with Gasteiger partial charge in [-0.25, -0.2) is 0 Å². The lowest BCUT2D eigenvalue weighted by Gasteiger charge is -2.44. The van der Waals surface area contributed by atoms with E-state index in [0.29, 0.717) is 12.0 Å². The van der Waals surface area contributed by atoms with Gasteiger partial charge in [0.05, 0.1) is 0 Å². The van der Waals surface area contributed by atoms with Crippen LogP contribution in [0.3, 0.4) is 0 Å². The Kier molecular flexibility index (Phi) is 2.24. The summed E-state index contributed by atoms with van der Waals surface area (Å²) in [6.07, 6.45) is -4.10. The highest BCUT2D eigenvalue weighted by atomic mass is 19.4. The number of benzene rings is 1.